The lowest BCUT2D eigenvalue weighted by atomic mass is 10.1. The van der Waals surface area contributed by atoms with E-state index in [-0.39, 0.29) is 24.1 Å². The molecule has 1 aromatic heterocycles. The smallest absolute Gasteiger partial charge is 0.332 e. The van der Waals surface area contributed by atoms with Crippen LogP contribution in [0.5, 0.6) is 0 Å². The highest BCUT2D eigenvalue weighted by Crippen LogP contribution is 2.11. The Morgan fingerprint density at radius 3 is 2.43 bits per heavy atom. The van der Waals surface area contributed by atoms with Gasteiger partial charge < -0.3 is 5.32 Å². The average molecular weight is 379 g/mol. The molecule has 0 aliphatic carbocycles. The van der Waals surface area contributed by atoms with Crippen molar-refractivity contribution in [2.75, 3.05) is 0 Å². The topological polar surface area (TPSA) is 73.1 Å². The van der Waals surface area contributed by atoms with E-state index in [9.17, 15) is 14.4 Å². The molecular formula is C22H25N3O3. The molecule has 3 aromatic rings. The van der Waals surface area contributed by atoms with E-state index in [1.807, 2.05) is 45.0 Å². The van der Waals surface area contributed by atoms with Crippen molar-refractivity contribution in [1.82, 2.24) is 14.5 Å². The van der Waals surface area contributed by atoms with Crippen LogP contribution in [0.25, 0.3) is 10.9 Å². The third-order valence-electron chi connectivity index (χ3n) is 5.02. The van der Waals surface area contributed by atoms with Gasteiger partial charge in [-0.25, -0.2) is 4.79 Å². The first kappa shape index (κ1) is 19.6. The number of carbonyl (C=O) groups is 1. The fourth-order valence-corrected chi connectivity index (χ4v) is 3.17. The van der Waals surface area contributed by atoms with Crippen molar-refractivity contribution in [2.45, 2.75) is 46.3 Å². The van der Waals surface area contributed by atoms with Gasteiger partial charge >= 0.3 is 5.69 Å². The van der Waals surface area contributed by atoms with Crippen molar-refractivity contribution >= 4 is 16.8 Å². The molecule has 0 bridgehead atoms. The normalized spacial score (nSPS) is 12.1. The summed E-state index contributed by atoms with van der Waals surface area (Å²) in [7, 11) is 0. The van der Waals surface area contributed by atoms with Gasteiger partial charge in [-0.15, -0.1) is 0 Å². The average Bonchev–Trinajstić information content (AvgIpc) is 2.70. The van der Waals surface area contributed by atoms with Crippen molar-refractivity contribution in [3.8, 4) is 0 Å². The van der Waals surface area contributed by atoms with Gasteiger partial charge in [0.25, 0.3) is 5.56 Å². The molecule has 1 N–H and O–H groups in total. The second kappa shape index (κ2) is 8.25. The highest BCUT2D eigenvalue weighted by atomic mass is 16.2. The van der Waals surface area contributed by atoms with Gasteiger partial charge in [0.1, 0.15) is 6.54 Å². The van der Waals surface area contributed by atoms with Crippen molar-refractivity contribution in [3.63, 3.8) is 0 Å². The molecule has 1 heterocycles. The molecule has 6 nitrogen and oxygen atoms in total. The minimum atomic E-state index is -0.455. The van der Waals surface area contributed by atoms with Crippen LogP contribution in [-0.2, 0) is 17.9 Å². The predicted molar refractivity (Wildman–Crippen MR) is 110 cm³/mol. The number of aromatic nitrogens is 2. The molecule has 0 aliphatic heterocycles. The molecule has 2 aromatic carbocycles. The quantitative estimate of drug-likeness (QED) is 0.716. The number of nitrogens with one attached hydrogen (secondary N) is 1. The van der Waals surface area contributed by atoms with E-state index < -0.39 is 5.69 Å². The van der Waals surface area contributed by atoms with E-state index in [1.54, 1.807) is 24.3 Å². The summed E-state index contributed by atoms with van der Waals surface area (Å²) < 4.78 is 2.63. The second-order valence-corrected chi connectivity index (χ2v) is 7.08. The van der Waals surface area contributed by atoms with Gasteiger partial charge in [0.2, 0.25) is 5.91 Å². The molecular weight excluding hydrogens is 354 g/mol. The number of rotatable bonds is 6. The van der Waals surface area contributed by atoms with Crippen LogP contribution in [-0.4, -0.2) is 15.0 Å². The van der Waals surface area contributed by atoms with Gasteiger partial charge in [-0.3, -0.25) is 18.7 Å². The van der Waals surface area contributed by atoms with E-state index >= 15 is 0 Å². The van der Waals surface area contributed by atoms with Crippen LogP contribution >= 0.6 is 0 Å². The fourth-order valence-electron chi connectivity index (χ4n) is 3.17. The standard InChI is InChI=1S/C22H25N3O3/c1-4-16(3)25-21(27)18-7-5-6-8-19(18)24(22(25)28)14-20(26)23-13-17-11-9-15(2)10-12-17/h5-12,16H,4,13-14H2,1-3H3,(H,23,26). The molecule has 0 aliphatic rings. The van der Waals surface area contributed by atoms with Gasteiger partial charge in [0.15, 0.2) is 0 Å². The highest BCUT2D eigenvalue weighted by Gasteiger charge is 2.17. The number of benzene rings is 2. The summed E-state index contributed by atoms with van der Waals surface area (Å²) in [6.45, 7) is 6.01. The molecule has 0 spiro atoms. The van der Waals surface area contributed by atoms with E-state index in [0.717, 1.165) is 11.1 Å². The van der Waals surface area contributed by atoms with E-state index in [2.05, 4.69) is 5.32 Å². The maximum absolute atomic E-state index is 13.0. The summed E-state index contributed by atoms with van der Waals surface area (Å²) in [5, 5.41) is 3.29. The van der Waals surface area contributed by atoms with Crippen LogP contribution in [0.3, 0.4) is 0 Å². The molecule has 28 heavy (non-hydrogen) atoms. The number of para-hydroxylation sites is 1. The minimum absolute atomic E-state index is 0.137. The maximum atomic E-state index is 13.0. The highest BCUT2D eigenvalue weighted by molar-refractivity contribution is 5.81. The third kappa shape index (κ3) is 3.91. The van der Waals surface area contributed by atoms with Crippen molar-refractivity contribution in [2.24, 2.45) is 0 Å². The Labute approximate surface area is 163 Å². The molecule has 1 atom stereocenters. The first-order valence-electron chi connectivity index (χ1n) is 9.48. The SMILES string of the molecule is CCC(C)n1c(=O)c2ccccc2n(CC(=O)NCc2ccc(C)cc2)c1=O. The van der Waals surface area contributed by atoms with Crippen molar-refractivity contribution < 1.29 is 4.79 Å². The molecule has 0 fully saturated rings. The molecule has 146 valence electrons. The summed E-state index contributed by atoms with van der Waals surface area (Å²) >= 11 is 0. The summed E-state index contributed by atoms with van der Waals surface area (Å²) in [6.07, 6.45) is 0.646. The first-order valence-corrected chi connectivity index (χ1v) is 9.48. The summed E-state index contributed by atoms with van der Waals surface area (Å²) in [5.41, 5.74) is 1.85. The largest absolute Gasteiger partial charge is 0.350 e. The lowest BCUT2D eigenvalue weighted by molar-refractivity contribution is -0.121. The van der Waals surface area contributed by atoms with Gasteiger partial charge in [-0.1, -0.05) is 48.9 Å². The molecule has 1 amide bonds. The molecule has 0 saturated heterocycles. The molecule has 1 unspecified atom stereocenters. The Kier molecular flexibility index (Phi) is 5.78. The number of nitrogens with zero attached hydrogens (tertiary/aromatic N) is 2. The van der Waals surface area contributed by atoms with Gasteiger partial charge in [0, 0.05) is 12.6 Å². The van der Waals surface area contributed by atoms with Crippen molar-refractivity contribution in [3.05, 3.63) is 80.5 Å². The van der Waals surface area contributed by atoms with Gasteiger partial charge in [-0.2, -0.15) is 0 Å². The number of aryl methyl sites for hydroxylation is 1. The van der Waals surface area contributed by atoms with E-state index in [0.29, 0.717) is 23.9 Å². The number of hydrogen-bond acceptors (Lipinski definition) is 3. The van der Waals surface area contributed by atoms with Crippen molar-refractivity contribution in [1.29, 1.82) is 0 Å². The Morgan fingerprint density at radius 2 is 1.75 bits per heavy atom. The van der Waals surface area contributed by atoms with Crippen LogP contribution in [0.4, 0.5) is 0 Å². The Bertz CT molecular complexity index is 1110. The molecule has 6 heteroatoms. The van der Waals surface area contributed by atoms with E-state index in [4.69, 9.17) is 0 Å². The summed E-state index contributed by atoms with van der Waals surface area (Å²) in [4.78, 5) is 38.3. The zero-order valence-corrected chi connectivity index (χ0v) is 16.4. The monoisotopic (exact) mass is 379 g/mol. The lowest BCUT2D eigenvalue weighted by Crippen LogP contribution is -2.43. The Hall–Kier alpha value is -3.15. The summed E-state index contributed by atoms with van der Waals surface area (Å²) in [5.74, 6) is -0.276. The minimum Gasteiger partial charge on any atom is -0.350 e. The van der Waals surface area contributed by atoms with Gasteiger partial charge in [-0.05, 0) is 38.0 Å². The Morgan fingerprint density at radius 1 is 1.07 bits per heavy atom. The molecule has 0 radical (unpaired) electrons. The number of fused-ring (bicyclic) bond motifs is 1. The van der Waals surface area contributed by atoms with Crippen LogP contribution < -0.4 is 16.6 Å². The fraction of sp³-hybridized carbons (Fsp3) is 0.318. The molecule has 0 saturated carbocycles. The lowest BCUT2D eigenvalue weighted by Gasteiger charge is -2.17. The summed E-state index contributed by atoms with van der Waals surface area (Å²) in [6, 6.07) is 14.6. The van der Waals surface area contributed by atoms with Crippen LogP contribution in [0.15, 0.2) is 58.1 Å². The number of amides is 1. The molecule has 3 rings (SSSR count). The zero-order valence-electron chi connectivity index (χ0n) is 16.4. The number of carbonyl (C=O) groups excluding carboxylic acids is 1. The Balaban J connectivity index is 1.93. The van der Waals surface area contributed by atoms with Gasteiger partial charge in [0.05, 0.1) is 10.9 Å². The predicted octanol–water partition coefficient (Wildman–Crippen LogP) is 2.76. The van der Waals surface area contributed by atoms with Crippen LogP contribution in [0, 0.1) is 6.92 Å². The third-order valence-corrected chi connectivity index (χ3v) is 5.02. The maximum Gasteiger partial charge on any atom is 0.332 e. The first-order chi connectivity index (χ1) is 13.4. The van der Waals surface area contributed by atoms with E-state index in [1.165, 1.54) is 9.13 Å². The van der Waals surface area contributed by atoms with Crippen LogP contribution in [0.2, 0.25) is 0 Å². The zero-order chi connectivity index (χ0) is 20.3. The second-order valence-electron chi connectivity index (χ2n) is 7.08. The van der Waals surface area contributed by atoms with Crippen LogP contribution in [0.1, 0.15) is 37.4 Å². The number of hydrogen-bond donors (Lipinski definition) is 1.